The largest absolute Gasteiger partial charge is 0.430 e. The standard InChI is InChI=1S/C22H26F3NOSi/c1-21(2,3)28(18-10-6-4-7-11-18,19-12-8-5-9-13-19)27-16-17-14-15-20(26-17)22(23,24)25/h4-13,15,17,26H,14,16H2,1-3H3/t17-/m0/s1. The average molecular weight is 406 g/mol. The monoisotopic (exact) mass is 405 g/mol. The van der Waals surface area contributed by atoms with Crippen molar-refractivity contribution in [3.8, 4) is 0 Å². The van der Waals surface area contributed by atoms with Crippen molar-refractivity contribution >= 4 is 18.7 Å². The number of nitrogens with one attached hydrogen (secondary N) is 1. The minimum atomic E-state index is -4.34. The molecule has 2 aromatic carbocycles. The third-order valence-corrected chi connectivity index (χ3v) is 10.2. The highest BCUT2D eigenvalue weighted by Gasteiger charge is 2.50. The van der Waals surface area contributed by atoms with Gasteiger partial charge in [-0.3, -0.25) is 0 Å². The molecule has 0 aliphatic carbocycles. The van der Waals surface area contributed by atoms with Crippen LogP contribution in [0.2, 0.25) is 5.04 Å². The number of hydrogen-bond acceptors (Lipinski definition) is 2. The molecule has 1 atom stereocenters. The van der Waals surface area contributed by atoms with E-state index in [9.17, 15) is 13.2 Å². The van der Waals surface area contributed by atoms with Crippen LogP contribution in [-0.4, -0.2) is 27.1 Å². The van der Waals surface area contributed by atoms with Crippen molar-refractivity contribution < 1.29 is 17.6 Å². The second-order valence-corrected chi connectivity index (χ2v) is 12.5. The van der Waals surface area contributed by atoms with Gasteiger partial charge in [0.05, 0.1) is 12.6 Å². The van der Waals surface area contributed by atoms with Gasteiger partial charge in [0.25, 0.3) is 8.32 Å². The normalized spacial score (nSPS) is 17.9. The smallest absolute Gasteiger partial charge is 0.405 e. The lowest BCUT2D eigenvalue weighted by molar-refractivity contribution is -0.0965. The Balaban J connectivity index is 1.94. The van der Waals surface area contributed by atoms with E-state index in [0.717, 1.165) is 10.4 Å². The van der Waals surface area contributed by atoms with Crippen molar-refractivity contribution in [3.05, 3.63) is 72.4 Å². The van der Waals surface area contributed by atoms with E-state index in [1.165, 1.54) is 6.08 Å². The van der Waals surface area contributed by atoms with E-state index in [4.69, 9.17) is 4.43 Å². The van der Waals surface area contributed by atoms with Gasteiger partial charge in [0.1, 0.15) is 5.70 Å². The second kappa shape index (κ2) is 7.76. The molecule has 28 heavy (non-hydrogen) atoms. The van der Waals surface area contributed by atoms with Crippen molar-refractivity contribution in [2.45, 2.75) is 44.4 Å². The summed E-state index contributed by atoms with van der Waals surface area (Å²) in [6.45, 7) is 6.69. The summed E-state index contributed by atoms with van der Waals surface area (Å²) >= 11 is 0. The molecule has 2 nitrogen and oxygen atoms in total. The van der Waals surface area contributed by atoms with Gasteiger partial charge in [-0.1, -0.05) is 87.5 Å². The predicted molar refractivity (Wildman–Crippen MR) is 109 cm³/mol. The molecule has 0 radical (unpaired) electrons. The first kappa shape index (κ1) is 20.7. The van der Waals surface area contributed by atoms with Crippen molar-refractivity contribution in [2.24, 2.45) is 0 Å². The zero-order chi connectivity index (χ0) is 20.4. The Morgan fingerprint density at radius 1 is 0.929 bits per heavy atom. The Hall–Kier alpha value is -2.05. The quantitative estimate of drug-likeness (QED) is 0.746. The first-order chi connectivity index (χ1) is 13.1. The van der Waals surface area contributed by atoms with Gasteiger partial charge < -0.3 is 9.74 Å². The van der Waals surface area contributed by atoms with Gasteiger partial charge in [-0.05, 0) is 21.8 Å². The minimum absolute atomic E-state index is 0.200. The molecule has 150 valence electrons. The second-order valence-electron chi connectivity index (χ2n) is 8.17. The van der Waals surface area contributed by atoms with E-state index in [-0.39, 0.29) is 17.7 Å². The zero-order valence-corrected chi connectivity index (χ0v) is 17.4. The van der Waals surface area contributed by atoms with E-state index in [0.29, 0.717) is 6.42 Å². The molecular formula is C22H26F3NOSi. The Bertz CT molecular complexity index is 774. The molecule has 0 saturated heterocycles. The van der Waals surface area contributed by atoms with E-state index in [1.807, 2.05) is 36.4 Å². The maximum atomic E-state index is 13.0. The molecular weight excluding hydrogens is 379 g/mol. The lowest BCUT2D eigenvalue weighted by Crippen LogP contribution is -2.67. The molecule has 1 aliphatic heterocycles. The van der Waals surface area contributed by atoms with E-state index in [1.54, 1.807) is 0 Å². The Kier molecular flexibility index (Phi) is 5.73. The molecule has 2 aromatic rings. The molecule has 1 heterocycles. The number of halogens is 3. The highest BCUT2D eigenvalue weighted by atomic mass is 28.4. The molecule has 1 N–H and O–H groups in total. The topological polar surface area (TPSA) is 21.3 Å². The highest BCUT2D eigenvalue weighted by molar-refractivity contribution is 6.99. The fraction of sp³-hybridized carbons (Fsp3) is 0.364. The Morgan fingerprint density at radius 2 is 1.43 bits per heavy atom. The molecule has 0 aromatic heterocycles. The van der Waals surface area contributed by atoms with E-state index < -0.39 is 20.2 Å². The lowest BCUT2D eigenvalue weighted by atomic mass is 10.2. The molecule has 0 amide bonds. The van der Waals surface area contributed by atoms with Crippen molar-refractivity contribution in [1.29, 1.82) is 0 Å². The predicted octanol–water partition coefficient (Wildman–Crippen LogP) is 4.37. The van der Waals surface area contributed by atoms with Gasteiger partial charge in [0.15, 0.2) is 0 Å². The Labute approximate surface area is 165 Å². The summed E-state index contributed by atoms with van der Waals surface area (Å²) in [4.78, 5) is 0. The number of benzene rings is 2. The third kappa shape index (κ3) is 4.03. The summed E-state index contributed by atoms with van der Waals surface area (Å²) in [5, 5.41) is 4.63. The van der Waals surface area contributed by atoms with E-state index in [2.05, 4.69) is 50.4 Å². The molecule has 6 heteroatoms. The molecule has 0 saturated carbocycles. The van der Waals surface area contributed by atoms with Crippen LogP contribution in [0.3, 0.4) is 0 Å². The van der Waals surface area contributed by atoms with Crippen LogP contribution < -0.4 is 15.7 Å². The molecule has 0 fully saturated rings. The molecule has 3 rings (SSSR count). The van der Waals surface area contributed by atoms with Gasteiger partial charge in [-0.15, -0.1) is 0 Å². The third-order valence-electron chi connectivity index (χ3n) is 5.19. The minimum Gasteiger partial charge on any atom is -0.405 e. The molecule has 0 spiro atoms. The maximum Gasteiger partial charge on any atom is 0.430 e. The van der Waals surface area contributed by atoms with Gasteiger partial charge in [-0.25, -0.2) is 0 Å². The number of alkyl halides is 3. The number of hydrogen-bond donors (Lipinski definition) is 1. The summed E-state index contributed by atoms with van der Waals surface area (Å²) in [6, 6.07) is 19.8. The SMILES string of the molecule is CC(C)(C)[Si](OC[C@@H]1CC=C(C(F)(F)F)N1)(c1ccccc1)c1ccccc1. The van der Waals surface area contributed by atoms with Crippen LogP contribution in [0.25, 0.3) is 0 Å². The summed E-state index contributed by atoms with van der Waals surface area (Å²) in [5.41, 5.74) is -0.663. The van der Waals surface area contributed by atoms with Crippen molar-refractivity contribution in [2.75, 3.05) is 6.61 Å². The lowest BCUT2D eigenvalue weighted by Gasteiger charge is -2.43. The highest BCUT2D eigenvalue weighted by Crippen LogP contribution is 2.37. The van der Waals surface area contributed by atoms with Crippen LogP contribution in [0.5, 0.6) is 0 Å². The number of rotatable bonds is 5. The van der Waals surface area contributed by atoms with Crippen molar-refractivity contribution in [1.82, 2.24) is 5.32 Å². The van der Waals surface area contributed by atoms with Crippen molar-refractivity contribution in [3.63, 3.8) is 0 Å². The van der Waals surface area contributed by atoms with Crippen LogP contribution in [0.1, 0.15) is 27.2 Å². The van der Waals surface area contributed by atoms with Crippen LogP contribution >= 0.6 is 0 Å². The van der Waals surface area contributed by atoms with Gasteiger partial charge in [0.2, 0.25) is 0 Å². The number of allylic oxidation sites excluding steroid dienone is 1. The maximum absolute atomic E-state index is 13.0. The Morgan fingerprint density at radius 3 is 1.82 bits per heavy atom. The van der Waals surface area contributed by atoms with E-state index >= 15 is 0 Å². The first-order valence-corrected chi connectivity index (χ1v) is 11.3. The van der Waals surface area contributed by atoms with Gasteiger partial charge in [-0.2, -0.15) is 13.2 Å². The average Bonchev–Trinajstić information content (AvgIpc) is 3.12. The molecule has 1 aliphatic rings. The molecule has 0 unspecified atom stereocenters. The fourth-order valence-electron chi connectivity index (χ4n) is 3.89. The van der Waals surface area contributed by atoms with Crippen LogP contribution in [0.4, 0.5) is 13.2 Å². The summed E-state index contributed by atoms with van der Waals surface area (Å²) in [7, 11) is -2.73. The van der Waals surface area contributed by atoms with Crippen LogP contribution in [0, 0.1) is 0 Å². The summed E-state index contributed by atoms with van der Waals surface area (Å²) in [6.07, 6.45) is -2.81. The molecule has 0 bridgehead atoms. The van der Waals surface area contributed by atoms with Gasteiger partial charge >= 0.3 is 6.18 Å². The van der Waals surface area contributed by atoms with Crippen LogP contribution in [0.15, 0.2) is 72.4 Å². The summed E-state index contributed by atoms with van der Waals surface area (Å²) in [5.74, 6) is 0. The van der Waals surface area contributed by atoms with Gasteiger partial charge in [0, 0.05) is 0 Å². The fourth-order valence-corrected chi connectivity index (χ4v) is 8.50. The van der Waals surface area contributed by atoms with Crippen LogP contribution in [-0.2, 0) is 4.43 Å². The first-order valence-electron chi connectivity index (χ1n) is 9.43. The summed E-state index contributed by atoms with van der Waals surface area (Å²) < 4.78 is 45.6. The zero-order valence-electron chi connectivity index (χ0n) is 16.4.